The zero-order valence-corrected chi connectivity index (χ0v) is 20.7. The Morgan fingerprint density at radius 3 is 2.46 bits per heavy atom. The molecule has 0 aromatic heterocycles. The minimum Gasteiger partial charge on any atom is -0.462 e. The molecule has 1 aliphatic heterocycles. The summed E-state index contributed by atoms with van der Waals surface area (Å²) in [4.78, 5) is 11.7. The topological polar surface area (TPSA) is 158 Å². The molecule has 5 atom stereocenters. The van der Waals surface area contributed by atoms with Crippen molar-refractivity contribution in [3.05, 3.63) is 48.0 Å². The van der Waals surface area contributed by atoms with Crippen LogP contribution in [0.2, 0.25) is 0 Å². The van der Waals surface area contributed by atoms with Crippen molar-refractivity contribution in [2.45, 2.75) is 44.5 Å². The van der Waals surface area contributed by atoms with Gasteiger partial charge in [0.2, 0.25) is 12.2 Å². The summed E-state index contributed by atoms with van der Waals surface area (Å²) >= 11 is 0. The fourth-order valence-electron chi connectivity index (χ4n) is 3.78. The average Bonchev–Trinajstić information content (AvgIpc) is 2.78. The van der Waals surface area contributed by atoms with E-state index in [0.29, 0.717) is 22.6 Å². The van der Waals surface area contributed by atoms with E-state index in [0.717, 1.165) is 9.87 Å². The lowest BCUT2D eigenvalue weighted by Gasteiger charge is -2.42. The smallest absolute Gasteiger partial charge is 0.301 e. The summed E-state index contributed by atoms with van der Waals surface area (Å²) in [5.74, 6) is -0.135. The highest BCUT2D eigenvalue weighted by Crippen LogP contribution is 2.36. The van der Waals surface area contributed by atoms with Gasteiger partial charge in [-0.1, -0.05) is 24.3 Å². The Bertz CT molecular complexity index is 1160. The predicted molar refractivity (Wildman–Crippen MR) is 129 cm³/mol. The minimum absolute atomic E-state index is 0.332. The number of hydrogen-bond acceptors (Lipinski definition) is 8. The van der Waals surface area contributed by atoms with Gasteiger partial charge in [-0.25, -0.2) is 0 Å². The van der Waals surface area contributed by atoms with Gasteiger partial charge in [-0.2, -0.15) is 12.7 Å². The van der Waals surface area contributed by atoms with Gasteiger partial charge in [-0.05, 0) is 36.2 Å². The Balaban J connectivity index is 1.99. The van der Waals surface area contributed by atoms with Crippen molar-refractivity contribution >= 4 is 21.8 Å². The maximum Gasteiger partial charge on any atom is 0.301 e. The van der Waals surface area contributed by atoms with Crippen LogP contribution in [0, 0.1) is 6.92 Å². The maximum absolute atomic E-state index is 12.3. The van der Waals surface area contributed by atoms with Crippen LogP contribution in [0.5, 0.6) is 5.75 Å². The Labute approximate surface area is 204 Å². The van der Waals surface area contributed by atoms with Gasteiger partial charge in [0, 0.05) is 26.6 Å². The molecule has 1 fully saturated rings. The number of rotatable bonds is 8. The van der Waals surface area contributed by atoms with E-state index in [1.807, 2.05) is 13.0 Å². The normalized spacial score (nSPS) is 24.7. The summed E-state index contributed by atoms with van der Waals surface area (Å²) in [5, 5.41) is 32.9. The molecule has 11 nitrogen and oxygen atoms in total. The first-order valence-electron chi connectivity index (χ1n) is 10.9. The van der Waals surface area contributed by atoms with Gasteiger partial charge < -0.3 is 30.1 Å². The van der Waals surface area contributed by atoms with Gasteiger partial charge in [-0.3, -0.25) is 9.52 Å². The zero-order valence-electron chi connectivity index (χ0n) is 19.9. The van der Waals surface area contributed by atoms with Crippen LogP contribution in [0.15, 0.2) is 42.5 Å². The highest BCUT2D eigenvalue weighted by molar-refractivity contribution is 7.90. The van der Waals surface area contributed by atoms with Crippen molar-refractivity contribution in [1.82, 2.24) is 9.62 Å². The van der Waals surface area contributed by atoms with E-state index in [4.69, 9.17) is 9.47 Å². The summed E-state index contributed by atoms with van der Waals surface area (Å²) in [6.07, 6.45) is -5.25. The summed E-state index contributed by atoms with van der Waals surface area (Å²) in [6.45, 7) is 2.54. The number of amides is 1. The van der Waals surface area contributed by atoms with E-state index in [9.17, 15) is 28.5 Å². The predicted octanol–water partition coefficient (Wildman–Crippen LogP) is 0.203. The Morgan fingerprint density at radius 2 is 1.83 bits per heavy atom. The monoisotopic (exact) mass is 509 g/mol. The first kappa shape index (κ1) is 26.9. The molecule has 1 heterocycles. The lowest BCUT2D eigenvalue weighted by atomic mass is 9.96. The molecule has 0 bridgehead atoms. The van der Waals surface area contributed by atoms with Crippen LogP contribution in [-0.2, 0) is 19.7 Å². The van der Waals surface area contributed by atoms with Gasteiger partial charge in [-0.15, -0.1) is 0 Å². The Hall–Kier alpha value is -2.74. The van der Waals surface area contributed by atoms with Crippen LogP contribution in [0.1, 0.15) is 12.5 Å². The van der Waals surface area contributed by atoms with Gasteiger partial charge in [0.05, 0.1) is 12.3 Å². The second-order valence-electron chi connectivity index (χ2n) is 8.47. The third kappa shape index (κ3) is 6.10. The minimum atomic E-state index is -3.72. The Morgan fingerprint density at radius 1 is 1.14 bits per heavy atom. The largest absolute Gasteiger partial charge is 0.462 e. The van der Waals surface area contributed by atoms with Crippen LogP contribution >= 0.6 is 0 Å². The Kier molecular flexibility index (Phi) is 8.36. The number of aliphatic hydroxyl groups is 3. The lowest BCUT2D eigenvalue weighted by Crippen LogP contribution is -2.65. The summed E-state index contributed by atoms with van der Waals surface area (Å²) in [5.41, 5.74) is 2.42. The maximum atomic E-state index is 12.3. The highest BCUT2D eigenvalue weighted by Gasteiger charge is 2.46. The van der Waals surface area contributed by atoms with E-state index < -0.39 is 53.4 Å². The first-order valence-corrected chi connectivity index (χ1v) is 12.3. The summed E-state index contributed by atoms with van der Waals surface area (Å²) < 4.78 is 39.9. The van der Waals surface area contributed by atoms with E-state index in [2.05, 4.69) is 10.0 Å². The summed E-state index contributed by atoms with van der Waals surface area (Å²) in [7, 11) is -0.882. The molecule has 2 aromatic carbocycles. The van der Waals surface area contributed by atoms with Crippen molar-refractivity contribution in [2.75, 3.05) is 25.4 Å². The van der Waals surface area contributed by atoms with Gasteiger partial charge in [0.15, 0.2) is 0 Å². The number of ether oxygens (including phenoxy) is 2. The molecule has 192 valence electrons. The third-order valence-electron chi connectivity index (χ3n) is 5.61. The number of nitrogens with one attached hydrogen (secondary N) is 2. The second-order valence-corrected chi connectivity index (χ2v) is 10.4. The van der Waals surface area contributed by atoms with Crippen molar-refractivity contribution in [3.63, 3.8) is 0 Å². The molecule has 0 spiro atoms. The van der Waals surface area contributed by atoms with Crippen LogP contribution in [0.25, 0.3) is 11.1 Å². The quantitative estimate of drug-likeness (QED) is 0.338. The van der Waals surface area contributed by atoms with Crippen LogP contribution < -0.4 is 14.8 Å². The average molecular weight is 510 g/mol. The van der Waals surface area contributed by atoms with E-state index in [-0.39, 0.29) is 0 Å². The SMILES string of the molecule is CC(=O)N[C@@H]1C(O)[C@@H](O)[C@@H](CO)O[C@H]1Oc1cccc(C)c1-c1cccc(NS(=O)(=O)N(C)C)c1. The molecule has 3 rings (SSSR count). The molecule has 1 saturated heterocycles. The second kappa shape index (κ2) is 10.9. The number of benzene rings is 2. The molecule has 1 amide bonds. The fraction of sp³-hybridized carbons (Fsp3) is 0.435. The molecule has 0 aliphatic carbocycles. The van der Waals surface area contributed by atoms with Gasteiger partial charge in [0.1, 0.15) is 30.1 Å². The van der Waals surface area contributed by atoms with Crippen molar-refractivity contribution in [3.8, 4) is 16.9 Å². The number of anilines is 1. The van der Waals surface area contributed by atoms with Crippen molar-refractivity contribution in [1.29, 1.82) is 0 Å². The zero-order chi connectivity index (χ0) is 25.9. The van der Waals surface area contributed by atoms with Gasteiger partial charge in [0.25, 0.3) is 0 Å². The molecule has 2 aromatic rings. The van der Waals surface area contributed by atoms with Crippen LogP contribution in [0.3, 0.4) is 0 Å². The number of aliphatic hydroxyl groups excluding tert-OH is 3. The van der Waals surface area contributed by atoms with Crippen molar-refractivity contribution < 1.29 is 38.0 Å². The molecule has 0 radical (unpaired) electrons. The number of aryl methyl sites for hydroxylation is 1. The molecule has 12 heteroatoms. The number of nitrogens with zero attached hydrogens (tertiary/aromatic N) is 1. The first-order chi connectivity index (χ1) is 16.4. The fourth-order valence-corrected chi connectivity index (χ4v) is 4.39. The summed E-state index contributed by atoms with van der Waals surface area (Å²) in [6, 6.07) is 10.9. The van der Waals surface area contributed by atoms with Crippen molar-refractivity contribution in [2.24, 2.45) is 0 Å². The molecule has 1 aliphatic rings. The molecular weight excluding hydrogens is 478 g/mol. The lowest BCUT2D eigenvalue weighted by molar-refractivity contribution is -0.244. The molecule has 0 saturated carbocycles. The molecule has 35 heavy (non-hydrogen) atoms. The van der Waals surface area contributed by atoms with E-state index >= 15 is 0 Å². The molecule has 1 unspecified atom stereocenters. The molecule has 5 N–H and O–H groups in total. The number of hydrogen-bond donors (Lipinski definition) is 5. The van der Waals surface area contributed by atoms with E-state index in [1.54, 1.807) is 36.4 Å². The van der Waals surface area contributed by atoms with Gasteiger partial charge >= 0.3 is 10.2 Å². The third-order valence-corrected chi connectivity index (χ3v) is 7.06. The van der Waals surface area contributed by atoms with E-state index in [1.165, 1.54) is 21.0 Å². The molecular formula is C23H31N3O8S. The number of carbonyl (C=O) groups is 1. The number of carbonyl (C=O) groups excluding carboxylic acids is 1. The van der Waals surface area contributed by atoms with Crippen LogP contribution in [-0.4, -0.2) is 85.3 Å². The standard InChI is InChI=1S/C23H31N3O8S/c1-13-7-5-10-17(19(13)15-8-6-9-16(11-15)25-35(31,32)26(3)4)33-23-20(24-14(2)28)22(30)21(29)18(12-27)34-23/h5-11,18,20-23,25,27,29-30H,12H2,1-4H3,(H,24,28)/t18-,20-,21+,22?,23-/m1/s1. The van der Waals surface area contributed by atoms with Crippen LogP contribution in [0.4, 0.5) is 5.69 Å². The highest BCUT2D eigenvalue weighted by atomic mass is 32.2.